The number of nitrogens with zero attached hydrogens (tertiary/aromatic N) is 2. The monoisotopic (exact) mass is 427 g/mol. The number of hydrogen-bond acceptors (Lipinski definition) is 5. The number of thioether (sulfide) groups is 1. The highest BCUT2D eigenvalue weighted by Gasteiger charge is 2.18. The number of thiophene rings is 1. The van der Waals surface area contributed by atoms with Gasteiger partial charge in [0, 0.05) is 23.5 Å². The minimum Gasteiger partial charge on any atom is -0.353 e. The van der Waals surface area contributed by atoms with Crippen molar-refractivity contribution in [3.63, 3.8) is 0 Å². The van der Waals surface area contributed by atoms with E-state index < -0.39 is 0 Å². The molecule has 1 unspecified atom stereocenters. The zero-order chi connectivity index (χ0) is 20.8. The van der Waals surface area contributed by atoms with Crippen LogP contribution in [0.25, 0.3) is 21.3 Å². The third kappa shape index (κ3) is 4.97. The molecule has 2 heterocycles. The highest BCUT2D eigenvalue weighted by Crippen LogP contribution is 2.32. The molecule has 29 heavy (non-hydrogen) atoms. The average molecular weight is 428 g/mol. The van der Waals surface area contributed by atoms with E-state index >= 15 is 0 Å². The van der Waals surface area contributed by atoms with E-state index in [4.69, 9.17) is 4.98 Å². The van der Waals surface area contributed by atoms with Crippen LogP contribution >= 0.6 is 23.1 Å². The second kappa shape index (κ2) is 9.89. The van der Waals surface area contributed by atoms with Gasteiger partial charge >= 0.3 is 0 Å². The largest absolute Gasteiger partial charge is 0.353 e. The van der Waals surface area contributed by atoms with Crippen LogP contribution in [0.5, 0.6) is 0 Å². The van der Waals surface area contributed by atoms with E-state index in [0.717, 1.165) is 24.0 Å². The third-order valence-electron chi connectivity index (χ3n) is 4.52. The summed E-state index contributed by atoms with van der Waals surface area (Å²) >= 11 is 2.74. The van der Waals surface area contributed by atoms with Crippen LogP contribution in [0.4, 0.5) is 0 Å². The Morgan fingerprint density at radius 1 is 1.38 bits per heavy atom. The fourth-order valence-corrected chi connectivity index (χ4v) is 5.00. The maximum atomic E-state index is 13.3. The molecule has 0 saturated heterocycles. The molecule has 0 fully saturated rings. The van der Waals surface area contributed by atoms with Crippen molar-refractivity contribution in [2.75, 3.05) is 5.75 Å². The Bertz CT molecular complexity index is 1060. The first-order valence-electron chi connectivity index (χ1n) is 9.65. The van der Waals surface area contributed by atoms with E-state index in [1.165, 1.54) is 23.1 Å². The summed E-state index contributed by atoms with van der Waals surface area (Å²) in [6.45, 7) is 8.21. The van der Waals surface area contributed by atoms with Gasteiger partial charge in [-0.05, 0) is 18.9 Å². The molecule has 1 atom stereocenters. The van der Waals surface area contributed by atoms with Crippen LogP contribution in [0.1, 0.15) is 26.7 Å². The summed E-state index contributed by atoms with van der Waals surface area (Å²) in [5.41, 5.74) is 1.79. The number of aromatic nitrogens is 2. The number of hydrogen-bond donors (Lipinski definition) is 1. The fraction of sp³-hybridized carbons (Fsp3) is 0.318. The molecule has 1 amide bonds. The highest BCUT2D eigenvalue weighted by molar-refractivity contribution is 7.99. The summed E-state index contributed by atoms with van der Waals surface area (Å²) < 4.78 is 1.60. The summed E-state index contributed by atoms with van der Waals surface area (Å²) in [5.74, 6) is 0.173. The van der Waals surface area contributed by atoms with E-state index in [1.807, 2.05) is 42.6 Å². The van der Waals surface area contributed by atoms with Crippen LogP contribution in [0.15, 0.2) is 58.3 Å². The minimum absolute atomic E-state index is 0.0494. The Balaban J connectivity index is 1.92. The third-order valence-corrected chi connectivity index (χ3v) is 6.37. The zero-order valence-corrected chi connectivity index (χ0v) is 18.3. The predicted molar refractivity (Wildman–Crippen MR) is 123 cm³/mol. The van der Waals surface area contributed by atoms with Crippen LogP contribution in [-0.2, 0) is 11.3 Å². The number of nitrogens with one attached hydrogen (secondary N) is 1. The van der Waals surface area contributed by atoms with Gasteiger partial charge in [0.1, 0.15) is 4.83 Å². The van der Waals surface area contributed by atoms with Crippen LogP contribution in [-0.4, -0.2) is 27.3 Å². The van der Waals surface area contributed by atoms with Gasteiger partial charge in [0.25, 0.3) is 5.56 Å². The Morgan fingerprint density at radius 2 is 2.14 bits per heavy atom. The summed E-state index contributed by atoms with van der Waals surface area (Å²) in [6, 6.07) is 9.98. The summed E-state index contributed by atoms with van der Waals surface area (Å²) in [5, 5.41) is 6.12. The smallest absolute Gasteiger partial charge is 0.263 e. The van der Waals surface area contributed by atoms with Crippen LogP contribution < -0.4 is 10.9 Å². The second-order valence-electron chi connectivity index (χ2n) is 6.84. The first-order valence-corrected chi connectivity index (χ1v) is 11.5. The van der Waals surface area contributed by atoms with Gasteiger partial charge in [-0.3, -0.25) is 14.2 Å². The molecule has 2 aromatic heterocycles. The normalized spacial score (nSPS) is 12.1. The summed E-state index contributed by atoms with van der Waals surface area (Å²) in [6.07, 6.45) is 3.64. The molecule has 7 heteroatoms. The molecule has 1 N–H and O–H groups in total. The molecule has 1 aromatic carbocycles. The molecule has 0 aliphatic carbocycles. The van der Waals surface area contributed by atoms with Crippen molar-refractivity contribution in [2.45, 2.75) is 44.4 Å². The summed E-state index contributed by atoms with van der Waals surface area (Å²) in [7, 11) is 0. The molecule has 0 aliphatic heterocycles. The molecule has 3 aromatic rings. The van der Waals surface area contributed by atoms with Gasteiger partial charge in [0.05, 0.1) is 11.1 Å². The van der Waals surface area contributed by atoms with Crippen molar-refractivity contribution in [3.8, 4) is 11.1 Å². The summed E-state index contributed by atoms with van der Waals surface area (Å²) in [4.78, 5) is 30.9. The lowest BCUT2D eigenvalue weighted by molar-refractivity contribution is -0.119. The lowest BCUT2D eigenvalue weighted by atomic mass is 10.1. The van der Waals surface area contributed by atoms with Crippen LogP contribution in [0.3, 0.4) is 0 Å². The quantitative estimate of drug-likeness (QED) is 0.305. The Hall–Kier alpha value is -2.38. The number of benzene rings is 1. The van der Waals surface area contributed by atoms with Crippen molar-refractivity contribution in [3.05, 3.63) is 58.7 Å². The first kappa shape index (κ1) is 21.3. The van der Waals surface area contributed by atoms with Crippen molar-refractivity contribution in [1.29, 1.82) is 0 Å². The first-order chi connectivity index (χ1) is 14.0. The van der Waals surface area contributed by atoms with Gasteiger partial charge in [-0.15, -0.1) is 17.9 Å². The molecule has 0 radical (unpaired) electrons. The molecule has 5 nitrogen and oxygen atoms in total. The molecular weight excluding hydrogens is 402 g/mol. The SMILES string of the molecule is C=CCn1c(SCC(=O)NC(C)CCC)nc2scc(-c3ccccc3)c2c1=O. The highest BCUT2D eigenvalue weighted by atomic mass is 32.2. The van der Waals surface area contributed by atoms with Crippen molar-refractivity contribution >= 4 is 39.2 Å². The van der Waals surface area contributed by atoms with Crippen LogP contribution in [0.2, 0.25) is 0 Å². The van der Waals surface area contributed by atoms with Gasteiger partial charge in [-0.1, -0.05) is 61.5 Å². The Morgan fingerprint density at radius 3 is 2.83 bits per heavy atom. The topological polar surface area (TPSA) is 64.0 Å². The van der Waals surface area contributed by atoms with Gasteiger partial charge in [0.2, 0.25) is 5.91 Å². The molecule has 0 spiro atoms. The molecule has 152 valence electrons. The number of fused-ring (bicyclic) bond motifs is 1. The number of carbonyl (C=O) groups excluding carboxylic acids is 1. The second-order valence-corrected chi connectivity index (χ2v) is 8.64. The maximum absolute atomic E-state index is 13.3. The van der Waals surface area contributed by atoms with Crippen molar-refractivity contribution in [1.82, 2.24) is 14.9 Å². The maximum Gasteiger partial charge on any atom is 0.263 e. The van der Waals surface area contributed by atoms with Gasteiger partial charge < -0.3 is 5.32 Å². The van der Waals surface area contributed by atoms with Gasteiger partial charge in [0.15, 0.2) is 5.16 Å². The number of carbonyl (C=O) groups is 1. The zero-order valence-electron chi connectivity index (χ0n) is 16.7. The van der Waals surface area contributed by atoms with Crippen LogP contribution in [0, 0.1) is 0 Å². The van der Waals surface area contributed by atoms with E-state index in [0.29, 0.717) is 21.9 Å². The Kier molecular flexibility index (Phi) is 7.28. The fourth-order valence-electron chi connectivity index (χ4n) is 3.19. The van der Waals surface area contributed by atoms with E-state index in [-0.39, 0.29) is 23.3 Å². The number of rotatable bonds is 9. The number of allylic oxidation sites excluding steroid dienone is 1. The average Bonchev–Trinajstić information content (AvgIpc) is 3.14. The van der Waals surface area contributed by atoms with Gasteiger partial charge in [-0.25, -0.2) is 4.98 Å². The lowest BCUT2D eigenvalue weighted by Crippen LogP contribution is -2.34. The van der Waals surface area contributed by atoms with Gasteiger partial charge in [-0.2, -0.15) is 0 Å². The van der Waals surface area contributed by atoms with E-state index in [2.05, 4.69) is 18.8 Å². The lowest BCUT2D eigenvalue weighted by Gasteiger charge is -2.13. The van der Waals surface area contributed by atoms with E-state index in [1.54, 1.807) is 10.6 Å². The molecule has 0 saturated carbocycles. The standard InChI is InChI=1S/C22H25N3O2S2/c1-4-9-15(3)23-18(26)14-29-22-24-20-19(21(27)25(22)12-5-2)17(13-28-20)16-10-7-6-8-11-16/h5-8,10-11,13,15H,2,4,9,12,14H2,1,3H3,(H,23,26). The minimum atomic E-state index is -0.0998. The molecule has 0 bridgehead atoms. The van der Waals surface area contributed by atoms with E-state index in [9.17, 15) is 9.59 Å². The predicted octanol–water partition coefficient (Wildman–Crippen LogP) is 4.71. The molecular formula is C22H25N3O2S2. The number of amides is 1. The van der Waals surface area contributed by atoms with Crippen molar-refractivity contribution in [2.24, 2.45) is 0 Å². The molecule has 3 rings (SSSR count). The molecule has 0 aliphatic rings. The Labute approximate surface area is 178 Å². The van der Waals surface area contributed by atoms with Crippen molar-refractivity contribution < 1.29 is 4.79 Å².